The van der Waals surface area contributed by atoms with Crippen LogP contribution in [0.5, 0.6) is 0 Å². The van der Waals surface area contributed by atoms with Crippen LogP contribution >= 0.6 is 0 Å². The number of carbonyl (C=O) groups excluding carboxylic acids is 1. The van der Waals surface area contributed by atoms with Crippen LogP contribution in [0.4, 0.5) is 0 Å². The van der Waals surface area contributed by atoms with Gasteiger partial charge in [0.15, 0.2) is 0 Å². The molecule has 1 rings (SSSR count). The average Bonchev–Trinajstić information content (AvgIpc) is 2.31. The van der Waals surface area contributed by atoms with Gasteiger partial charge in [-0.15, -0.1) is 0 Å². The van der Waals surface area contributed by atoms with Gasteiger partial charge in [0.25, 0.3) is 0 Å². The first-order valence-electron chi connectivity index (χ1n) is 4.38. The smallest absolute Gasteiger partial charge is 0.306 e. The lowest BCUT2D eigenvalue weighted by Gasteiger charge is -2.09. The molecule has 0 aromatic carbocycles. The Morgan fingerprint density at radius 1 is 1.64 bits per heavy atom. The van der Waals surface area contributed by atoms with Crippen LogP contribution in [0.3, 0.4) is 0 Å². The molecule has 0 amide bonds. The van der Waals surface area contributed by atoms with Crippen LogP contribution in [-0.4, -0.2) is 12.1 Å². The molecule has 0 aromatic rings. The minimum atomic E-state index is -0.0150. The molecule has 0 aromatic heterocycles. The van der Waals surface area contributed by atoms with E-state index >= 15 is 0 Å². The summed E-state index contributed by atoms with van der Waals surface area (Å²) < 4.78 is 5.07. The summed E-state index contributed by atoms with van der Waals surface area (Å²) in [6, 6.07) is 0. The molecule has 0 bridgehead atoms. The fourth-order valence-corrected chi connectivity index (χ4v) is 1.31. The fraction of sp³-hybridized carbons (Fsp3) is 0.889. The Bertz CT molecular complexity index is 140. The lowest BCUT2D eigenvalue weighted by Crippen LogP contribution is -2.07. The first-order chi connectivity index (χ1) is 5.18. The van der Waals surface area contributed by atoms with E-state index in [0.29, 0.717) is 12.3 Å². The third-order valence-corrected chi connectivity index (χ3v) is 2.03. The van der Waals surface area contributed by atoms with E-state index in [9.17, 15) is 4.79 Å². The Balaban J connectivity index is 2.13. The first kappa shape index (κ1) is 8.57. The van der Waals surface area contributed by atoms with Gasteiger partial charge < -0.3 is 4.74 Å². The van der Waals surface area contributed by atoms with Crippen LogP contribution in [0.2, 0.25) is 0 Å². The number of cyclic esters (lactones) is 1. The second kappa shape index (κ2) is 3.74. The maximum Gasteiger partial charge on any atom is 0.306 e. The molecular formula is C9H16O2. The zero-order valence-electron chi connectivity index (χ0n) is 7.30. The quantitative estimate of drug-likeness (QED) is 0.585. The van der Waals surface area contributed by atoms with E-state index < -0.39 is 0 Å². The molecule has 0 radical (unpaired) electrons. The van der Waals surface area contributed by atoms with Gasteiger partial charge in [0, 0.05) is 6.42 Å². The zero-order chi connectivity index (χ0) is 8.27. The fourth-order valence-electron chi connectivity index (χ4n) is 1.31. The number of hydrogen-bond acceptors (Lipinski definition) is 2. The maximum atomic E-state index is 10.7. The van der Waals surface area contributed by atoms with Crippen molar-refractivity contribution in [3.05, 3.63) is 0 Å². The van der Waals surface area contributed by atoms with Crippen molar-refractivity contribution in [2.75, 3.05) is 0 Å². The molecule has 2 heteroatoms. The lowest BCUT2D eigenvalue weighted by atomic mass is 10.0. The van der Waals surface area contributed by atoms with Crippen LogP contribution in [0.1, 0.15) is 39.5 Å². The monoisotopic (exact) mass is 156 g/mol. The van der Waals surface area contributed by atoms with E-state index in [2.05, 4.69) is 13.8 Å². The summed E-state index contributed by atoms with van der Waals surface area (Å²) in [5, 5.41) is 0. The third kappa shape index (κ3) is 2.91. The molecule has 1 saturated heterocycles. The number of ether oxygens (including phenoxy) is 1. The standard InChI is InChI=1S/C9H16O2/c1-7(2)3-4-8-5-6-9(10)11-8/h7-8H,3-6H2,1-2H3/t8-/m1/s1. The molecular weight excluding hydrogens is 140 g/mol. The number of rotatable bonds is 3. The number of hydrogen-bond donors (Lipinski definition) is 0. The highest BCUT2D eigenvalue weighted by molar-refractivity contribution is 5.71. The Morgan fingerprint density at radius 2 is 2.36 bits per heavy atom. The van der Waals surface area contributed by atoms with Gasteiger partial charge in [-0.2, -0.15) is 0 Å². The highest BCUT2D eigenvalue weighted by Gasteiger charge is 2.22. The Morgan fingerprint density at radius 3 is 2.82 bits per heavy atom. The highest BCUT2D eigenvalue weighted by atomic mass is 16.5. The summed E-state index contributed by atoms with van der Waals surface area (Å²) in [6.45, 7) is 4.38. The van der Waals surface area contributed by atoms with Crippen molar-refractivity contribution in [2.45, 2.75) is 45.6 Å². The highest BCUT2D eigenvalue weighted by Crippen LogP contribution is 2.20. The molecule has 0 aliphatic carbocycles. The van der Waals surface area contributed by atoms with Crippen LogP contribution < -0.4 is 0 Å². The van der Waals surface area contributed by atoms with E-state index in [1.807, 2.05) is 0 Å². The van der Waals surface area contributed by atoms with Crippen molar-refractivity contribution in [3.8, 4) is 0 Å². The zero-order valence-corrected chi connectivity index (χ0v) is 7.30. The maximum absolute atomic E-state index is 10.7. The average molecular weight is 156 g/mol. The molecule has 64 valence electrons. The summed E-state index contributed by atoms with van der Waals surface area (Å²) >= 11 is 0. The van der Waals surface area contributed by atoms with Crippen molar-refractivity contribution in [1.29, 1.82) is 0 Å². The van der Waals surface area contributed by atoms with Crippen molar-refractivity contribution in [3.63, 3.8) is 0 Å². The molecule has 1 fully saturated rings. The van der Waals surface area contributed by atoms with E-state index in [4.69, 9.17) is 4.74 Å². The first-order valence-corrected chi connectivity index (χ1v) is 4.38. The van der Waals surface area contributed by atoms with Gasteiger partial charge in [0.2, 0.25) is 0 Å². The predicted molar refractivity (Wildman–Crippen MR) is 43.2 cm³/mol. The van der Waals surface area contributed by atoms with Crippen LogP contribution in [0.25, 0.3) is 0 Å². The lowest BCUT2D eigenvalue weighted by molar-refractivity contribution is -0.141. The van der Waals surface area contributed by atoms with Gasteiger partial charge in [0.1, 0.15) is 6.10 Å². The van der Waals surface area contributed by atoms with Gasteiger partial charge >= 0.3 is 5.97 Å². The van der Waals surface area contributed by atoms with Gasteiger partial charge in [-0.3, -0.25) is 4.79 Å². The Hall–Kier alpha value is -0.530. The molecule has 0 saturated carbocycles. The molecule has 11 heavy (non-hydrogen) atoms. The predicted octanol–water partition coefficient (Wildman–Crippen LogP) is 2.13. The second-order valence-corrected chi connectivity index (χ2v) is 3.62. The normalized spacial score (nSPS) is 24.3. The van der Waals surface area contributed by atoms with Gasteiger partial charge in [0.05, 0.1) is 0 Å². The van der Waals surface area contributed by atoms with E-state index in [0.717, 1.165) is 19.3 Å². The Labute approximate surface area is 67.9 Å². The molecule has 1 heterocycles. The molecule has 1 aliphatic heterocycles. The van der Waals surface area contributed by atoms with Crippen LogP contribution in [-0.2, 0) is 9.53 Å². The number of esters is 1. The topological polar surface area (TPSA) is 26.3 Å². The van der Waals surface area contributed by atoms with Crippen LogP contribution in [0, 0.1) is 5.92 Å². The largest absolute Gasteiger partial charge is 0.462 e. The van der Waals surface area contributed by atoms with Crippen molar-refractivity contribution in [2.24, 2.45) is 5.92 Å². The SMILES string of the molecule is CC(C)CC[C@@H]1CCC(=O)O1. The molecule has 0 unspecified atom stereocenters. The molecule has 0 spiro atoms. The van der Waals surface area contributed by atoms with Crippen LogP contribution in [0.15, 0.2) is 0 Å². The molecule has 1 atom stereocenters. The van der Waals surface area contributed by atoms with E-state index in [1.54, 1.807) is 0 Å². The summed E-state index contributed by atoms with van der Waals surface area (Å²) in [5.41, 5.74) is 0. The minimum Gasteiger partial charge on any atom is -0.462 e. The van der Waals surface area contributed by atoms with Crippen molar-refractivity contribution in [1.82, 2.24) is 0 Å². The second-order valence-electron chi connectivity index (χ2n) is 3.62. The third-order valence-electron chi connectivity index (χ3n) is 2.03. The summed E-state index contributed by atoms with van der Waals surface area (Å²) in [6.07, 6.45) is 4.00. The van der Waals surface area contributed by atoms with Crippen molar-refractivity contribution >= 4 is 5.97 Å². The van der Waals surface area contributed by atoms with E-state index in [1.165, 1.54) is 0 Å². The van der Waals surface area contributed by atoms with E-state index in [-0.39, 0.29) is 12.1 Å². The summed E-state index contributed by atoms with van der Waals surface area (Å²) in [4.78, 5) is 10.7. The van der Waals surface area contributed by atoms with Crippen molar-refractivity contribution < 1.29 is 9.53 Å². The molecule has 2 nitrogen and oxygen atoms in total. The summed E-state index contributed by atoms with van der Waals surface area (Å²) in [7, 11) is 0. The number of carbonyl (C=O) groups is 1. The van der Waals surface area contributed by atoms with Gasteiger partial charge in [-0.05, 0) is 25.2 Å². The van der Waals surface area contributed by atoms with Gasteiger partial charge in [-0.1, -0.05) is 13.8 Å². The van der Waals surface area contributed by atoms with Gasteiger partial charge in [-0.25, -0.2) is 0 Å². The minimum absolute atomic E-state index is 0.0150. The Kier molecular flexibility index (Phi) is 2.92. The summed E-state index contributed by atoms with van der Waals surface area (Å²) in [5.74, 6) is 0.702. The molecule has 1 aliphatic rings. The molecule has 0 N–H and O–H groups in total.